The number of β-amino-alcohol motifs (C(OH)–C–C–N with tert-alkyl or cyclic N) is 1. The van der Waals surface area contributed by atoms with Gasteiger partial charge in [0.2, 0.25) is 10.0 Å². The van der Waals surface area contributed by atoms with Crippen LogP contribution in [0, 0.1) is 0 Å². The molecular weight excluding hydrogens is 536 g/mol. The first-order chi connectivity index (χ1) is 18.2. The van der Waals surface area contributed by atoms with Crippen LogP contribution >= 0.6 is 12.4 Å². The average Bonchev–Trinajstić information content (AvgIpc) is 2.88. The molecule has 2 fully saturated rings. The zero-order valence-corrected chi connectivity index (χ0v) is 24.6. The summed E-state index contributed by atoms with van der Waals surface area (Å²) in [6.45, 7) is 5.55. The number of aliphatic hydroxyl groups excluding tert-OH is 1. The van der Waals surface area contributed by atoms with E-state index in [2.05, 4.69) is 22.9 Å². The Morgan fingerprint density at radius 3 is 2.44 bits per heavy atom. The predicted octanol–water partition coefficient (Wildman–Crippen LogP) is 4.09. The lowest BCUT2D eigenvalue weighted by Gasteiger charge is -2.43. The van der Waals surface area contributed by atoms with Crippen molar-refractivity contribution in [3.05, 3.63) is 59.7 Å². The van der Waals surface area contributed by atoms with Crippen molar-refractivity contribution in [3.63, 3.8) is 0 Å². The van der Waals surface area contributed by atoms with Crippen LogP contribution in [0.25, 0.3) is 0 Å². The maximum atomic E-state index is 13.6. The number of sulfonamides is 1. The molecular formula is C29H43ClN4O4S. The average molecular weight is 579 g/mol. The van der Waals surface area contributed by atoms with Crippen molar-refractivity contribution in [1.82, 2.24) is 10.6 Å². The van der Waals surface area contributed by atoms with Gasteiger partial charge in [-0.15, -0.1) is 12.4 Å². The Balaban J connectivity index is 0.00000420. The number of anilines is 2. The largest absolute Gasteiger partial charge is 0.390 e. The summed E-state index contributed by atoms with van der Waals surface area (Å²) in [5.74, 6) is -0.230. The molecule has 1 saturated heterocycles. The highest BCUT2D eigenvalue weighted by molar-refractivity contribution is 7.92. The molecule has 2 aliphatic rings. The van der Waals surface area contributed by atoms with Crippen molar-refractivity contribution in [3.8, 4) is 0 Å². The highest BCUT2D eigenvalue weighted by atomic mass is 35.5. The van der Waals surface area contributed by atoms with Gasteiger partial charge in [0, 0.05) is 36.4 Å². The number of hydrogen-bond donors (Lipinski definition) is 4. The van der Waals surface area contributed by atoms with Gasteiger partial charge in [-0.05, 0) is 75.6 Å². The van der Waals surface area contributed by atoms with Gasteiger partial charge in [0.1, 0.15) is 0 Å². The van der Waals surface area contributed by atoms with E-state index >= 15 is 0 Å². The number of nitrogens with one attached hydrogen (secondary N) is 3. The molecule has 1 saturated carbocycles. The van der Waals surface area contributed by atoms with E-state index in [4.69, 9.17) is 0 Å². The monoisotopic (exact) mass is 578 g/mol. The van der Waals surface area contributed by atoms with E-state index in [0.717, 1.165) is 31.2 Å². The summed E-state index contributed by atoms with van der Waals surface area (Å²) in [4.78, 5) is 13.6. The van der Waals surface area contributed by atoms with Crippen molar-refractivity contribution < 1.29 is 18.3 Å². The number of benzene rings is 2. The second-order valence-electron chi connectivity index (χ2n) is 10.6. The molecule has 1 aliphatic carbocycles. The third kappa shape index (κ3) is 7.87. The molecule has 1 heterocycles. The number of halogens is 1. The molecule has 10 heteroatoms. The number of aliphatic hydroxyl groups is 1. The van der Waals surface area contributed by atoms with Gasteiger partial charge in [-0.25, -0.2) is 8.42 Å². The molecule has 0 bridgehead atoms. The van der Waals surface area contributed by atoms with Crippen LogP contribution in [0.4, 0.5) is 11.4 Å². The van der Waals surface area contributed by atoms with Crippen molar-refractivity contribution in [2.75, 3.05) is 35.0 Å². The summed E-state index contributed by atoms with van der Waals surface area (Å²) in [5.41, 5.74) is 2.64. The number of carbonyl (C=O) groups excluding carboxylic acids is 1. The zero-order chi connectivity index (χ0) is 27.2. The molecule has 1 amide bonds. The molecule has 0 aromatic heterocycles. The Morgan fingerprint density at radius 1 is 1.08 bits per heavy atom. The molecule has 2 aromatic carbocycles. The van der Waals surface area contributed by atoms with Gasteiger partial charge in [0.25, 0.3) is 5.91 Å². The third-order valence-electron chi connectivity index (χ3n) is 7.95. The van der Waals surface area contributed by atoms with Crippen LogP contribution in [0.5, 0.6) is 0 Å². The number of carbonyl (C=O) groups is 1. The van der Waals surface area contributed by atoms with E-state index in [1.54, 1.807) is 18.2 Å². The van der Waals surface area contributed by atoms with Crippen molar-refractivity contribution in [1.29, 1.82) is 0 Å². The molecule has 1 aliphatic heterocycles. The fourth-order valence-corrected chi connectivity index (χ4v) is 7.02. The fourth-order valence-electron chi connectivity index (χ4n) is 5.40. The van der Waals surface area contributed by atoms with Crippen LogP contribution in [0.2, 0.25) is 0 Å². The zero-order valence-electron chi connectivity index (χ0n) is 23.0. The summed E-state index contributed by atoms with van der Waals surface area (Å²) in [6, 6.07) is 14.5. The standard InChI is InChI=1S/C29H42N4O4S.ClH/c1-3-29(13-10-14-29)31-21-27(34)26(17-22-11-6-5-7-12-22)32-28(35)23-18-24(30-4-2)20-25(19-23)33-15-8-9-16-38(33,36)37;/h5-7,11-12,18-20,26-27,30-31,34H,3-4,8-10,13-17,21H2,1-2H3,(H,32,35);1H/t26-,27+;/m0./s1. The topological polar surface area (TPSA) is 111 Å². The summed E-state index contributed by atoms with van der Waals surface area (Å²) in [5, 5.41) is 21.1. The third-order valence-corrected chi connectivity index (χ3v) is 9.82. The lowest BCUT2D eigenvalue weighted by atomic mass is 9.74. The Labute approximate surface area is 239 Å². The maximum Gasteiger partial charge on any atom is 0.251 e. The minimum Gasteiger partial charge on any atom is -0.390 e. The van der Waals surface area contributed by atoms with Gasteiger partial charge >= 0.3 is 0 Å². The van der Waals surface area contributed by atoms with Crippen LogP contribution in [-0.4, -0.2) is 62.5 Å². The molecule has 4 rings (SSSR count). The van der Waals surface area contributed by atoms with Crippen LogP contribution in [0.1, 0.15) is 68.3 Å². The quantitative estimate of drug-likeness (QED) is 0.302. The van der Waals surface area contributed by atoms with Gasteiger partial charge in [0.05, 0.1) is 23.6 Å². The van der Waals surface area contributed by atoms with Crippen molar-refractivity contribution in [2.45, 2.75) is 76.5 Å². The van der Waals surface area contributed by atoms with E-state index in [1.165, 1.54) is 10.7 Å². The van der Waals surface area contributed by atoms with Crippen LogP contribution in [0.15, 0.2) is 48.5 Å². The summed E-state index contributed by atoms with van der Waals surface area (Å²) in [6.07, 6.45) is 5.52. The minimum absolute atomic E-state index is 0. The Morgan fingerprint density at radius 2 is 1.82 bits per heavy atom. The fraction of sp³-hybridized carbons (Fsp3) is 0.552. The number of hydrogen-bond acceptors (Lipinski definition) is 6. The maximum absolute atomic E-state index is 13.6. The van der Waals surface area contributed by atoms with Crippen LogP contribution < -0.4 is 20.3 Å². The first kappa shape index (κ1) is 31.2. The van der Waals surface area contributed by atoms with Gasteiger partial charge in [-0.2, -0.15) is 0 Å². The van der Waals surface area contributed by atoms with Gasteiger partial charge in [0.15, 0.2) is 0 Å². The molecule has 0 unspecified atom stereocenters. The molecule has 39 heavy (non-hydrogen) atoms. The van der Waals surface area contributed by atoms with Crippen molar-refractivity contribution in [2.24, 2.45) is 0 Å². The smallest absolute Gasteiger partial charge is 0.251 e. The van der Waals surface area contributed by atoms with Gasteiger partial charge in [-0.1, -0.05) is 37.3 Å². The molecule has 216 valence electrons. The van der Waals surface area contributed by atoms with E-state index in [-0.39, 0.29) is 29.6 Å². The highest BCUT2D eigenvalue weighted by Crippen LogP contribution is 2.34. The van der Waals surface area contributed by atoms with E-state index in [9.17, 15) is 18.3 Å². The molecule has 2 atom stereocenters. The lowest BCUT2D eigenvalue weighted by Crippen LogP contribution is -2.56. The second-order valence-corrected chi connectivity index (χ2v) is 12.6. The first-order valence-electron chi connectivity index (χ1n) is 13.9. The first-order valence-corrected chi connectivity index (χ1v) is 15.5. The molecule has 2 aromatic rings. The number of rotatable bonds is 12. The summed E-state index contributed by atoms with van der Waals surface area (Å²) in [7, 11) is -3.42. The van der Waals surface area contributed by atoms with Crippen molar-refractivity contribution >= 4 is 39.7 Å². The Bertz CT molecular complexity index is 1190. The van der Waals surface area contributed by atoms with E-state index in [1.807, 2.05) is 37.3 Å². The lowest BCUT2D eigenvalue weighted by molar-refractivity contribution is 0.0754. The van der Waals surface area contributed by atoms with Crippen LogP contribution in [0.3, 0.4) is 0 Å². The van der Waals surface area contributed by atoms with Gasteiger partial charge < -0.3 is 21.1 Å². The Hall–Kier alpha value is -2.33. The van der Waals surface area contributed by atoms with Gasteiger partial charge in [-0.3, -0.25) is 9.10 Å². The van der Waals surface area contributed by atoms with E-state index < -0.39 is 22.2 Å². The number of nitrogens with zero attached hydrogens (tertiary/aromatic N) is 1. The highest BCUT2D eigenvalue weighted by Gasteiger charge is 2.36. The Kier molecular flexibility index (Phi) is 11.1. The molecule has 0 spiro atoms. The summed E-state index contributed by atoms with van der Waals surface area (Å²) >= 11 is 0. The molecule has 4 N–H and O–H groups in total. The van der Waals surface area contributed by atoms with Crippen LogP contribution in [-0.2, 0) is 16.4 Å². The SMILES string of the molecule is CCNc1cc(C(=O)N[C@@H](Cc2ccccc2)[C@H](O)CNC2(CC)CCC2)cc(N2CCCCS2(=O)=O)c1.Cl. The predicted molar refractivity (Wildman–Crippen MR) is 161 cm³/mol. The van der Waals surface area contributed by atoms with E-state index in [0.29, 0.717) is 49.4 Å². The normalized spacial score (nSPS) is 19.2. The number of amides is 1. The molecule has 8 nitrogen and oxygen atoms in total. The second kappa shape index (κ2) is 13.8. The molecule has 0 radical (unpaired) electrons. The summed E-state index contributed by atoms with van der Waals surface area (Å²) < 4.78 is 27.0. The minimum atomic E-state index is -3.42.